The van der Waals surface area contributed by atoms with Gasteiger partial charge in [0.1, 0.15) is 24.4 Å². The van der Waals surface area contributed by atoms with Gasteiger partial charge in [-0.15, -0.1) is 5.10 Å². The van der Waals surface area contributed by atoms with E-state index in [0.717, 1.165) is 45.1 Å². The highest BCUT2D eigenvalue weighted by atomic mass is 16.5. The Bertz CT molecular complexity index is 1890. The van der Waals surface area contributed by atoms with Gasteiger partial charge in [-0.25, -0.2) is 19.2 Å². The van der Waals surface area contributed by atoms with Crippen molar-refractivity contribution in [3.63, 3.8) is 0 Å². The minimum Gasteiger partial charge on any atom is -0.497 e. The van der Waals surface area contributed by atoms with E-state index in [1.54, 1.807) is 18.0 Å². The van der Waals surface area contributed by atoms with Crippen molar-refractivity contribution in [2.75, 3.05) is 7.11 Å². The Labute approximate surface area is 237 Å². The average molecular weight is 545 g/mol. The number of nitrogens with zero attached hydrogens (tertiary/aromatic N) is 6. The van der Waals surface area contributed by atoms with Crippen molar-refractivity contribution in [1.29, 1.82) is 0 Å². The summed E-state index contributed by atoms with van der Waals surface area (Å²) in [4.78, 5) is 9.61. The fourth-order valence-corrected chi connectivity index (χ4v) is 5.38. The normalized spacial score (nSPS) is 13.9. The number of aromatic nitrogens is 6. The van der Waals surface area contributed by atoms with E-state index in [1.165, 1.54) is 5.56 Å². The third kappa shape index (κ3) is 4.17. The first-order chi connectivity index (χ1) is 20.0. The van der Waals surface area contributed by atoms with E-state index in [1.807, 2.05) is 73.1 Å². The van der Waals surface area contributed by atoms with Crippen LogP contribution in [-0.2, 0) is 6.61 Å². The molecular weight excluding hydrogens is 516 g/mol. The zero-order valence-electron chi connectivity index (χ0n) is 23.2. The summed E-state index contributed by atoms with van der Waals surface area (Å²) in [5.41, 5.74) is 7.51. The average Bonchev–Trinajstić information content (AvgIpc) is 3.58. The molecule has 3 aromatic heterocycles. The van der Waals surface area contributed by atoms with Crippen LogP contribution in [0.3, 0.4) is 0 Å². The maximum absolute atomic E-state index is 6.51. The van der Waals surface area contributed by atoms with Crippen LogP contribution in [0.1, 0.15) is 45.3 Å². The minimum absolute atomic E-state index is 0.227. The number of ether oxygens (including phenoxy) is 3. The lowest BCUT2D eigenvalue weighted by Gasteiger charge is -2.26. The Kier molecular flexibility index (Phi) is 5.92. The predicted molar refractivity (Wildman–Crippen MR) is 153 cm³/mol. The SMILES string of the molecule is COc1ccc([C@@H]2c3c(C)nn(-c4ccccc4)c3Oc3ncn4nc(COc5cccc(C)c5C)nc4c32)cc1. The molecule has 9 nitrogen and oxygen atoms in total. The number of hydrogen-bond acceptors (Lipinski definition) is 7. The molecule has 0 bridgehead atoms. The van der Waals surface area contributed by atoms with Crippen LogP contribution in [0, 0.1) is 20.8 Å². The summed E-state index contributed by atoms with van der Waals surface area (Å²) in [6.45, 7) is 6.35. The van der Waals surface area contributed by atoms with Crippen LogP contribution >= 0.6 is 0 Å². The lowest BCUT2D eigenvalue weighted by molar-refractivity contribution is 0.294. The molecule has 0 N–H and O–H groups in total. The van der Waals surface area contributed by atoms with Gasteiger partial charge in [0.05, 0.1) is 35.5 Å². The van der Waals surface area contributed by atoms with E-state index in [9.17, 15) is 0 Å². The highest BCUT2D eigenvalue weighted by Crippen LogP contribution is 2.49. The molecule has 7 rings (SSSR count). The second kappa shape index (κ2) is 9.78. The number of benzene rings is 3. The third-order valence-corrected chi connectivity index (χ3v) is 7.63. The summed E-state index contributed by atoms with van der Waals surface area (Å²) in [5.74, 6) is 3.01. The summed E-state index contributed by atoms with van der Waals surface area (Å²) in [6.07, 6.45) is 1.63. The smallest absolute Gasteiger partial charge is 0.230 e. The maximum Gasteiger partial charge on any atom is 0.230 e. The molecule has 1 aliphatic heterocycles. The van der Waals surface area contributed by atoms with Gasteiger partial charge in [-0.1, -0.05) is 42.5 Å². The number of aryl methyl sites for hydroxylation is 2. The molecule has 4 heterocycles. The van der Waals surface area contributed by atoms with E-state index in [-0.39, 0.29) is 12.5 Å². The first kappa shape index (κ1) is 24.8. The van der Waals surface area contributed by atoms with Crippen molar-refractivity contribution in [1.82, 2.24) is 29.4 Å². The summed E-state index contributed by atoms with van der Waals surface area (Å²) < 4.78 is 21.6. The van der Waals surface area contributed by atoms with Crippen LogP contribution in [-0.4, -0.2) is 36.5 Å². The number of fused-ring (bicyclic) bond motifs is 4. The van der Waals surface area contributed by atoms with Crippen molar-refractivity contribution >= 4 is 5.65 Å². The van der Waals surface area contributed by atoms with E-state index >= 15 is 0 Å². The topological polar surface area (TPSA) is 88.6 Å². The van der Waals surface area contributed by atoms with E-state index in [4.69, 9.17) is 29.4 Å². The monoisotopic (exact) mass is 544 g/mol. The predicted octanol–water partition coefficient (Wildman–Crippen LogP) is 6.11. The van der Waals surface area contributed by atoms with Gasteiger partial charge in [0.25, 0.3) is 0 Å². The number of rotatable bonds is 6. The Balaban J connectivity index is 1.36. The number of hydrogen-bond donors (Lipinski definition) is 0. The summed E-state index contributed by atoms with van der Waals surface area (Å²) in [7, 11) is 1.66. The molecule has 204 valence electrons. The Morgan fingerprint density at radius 3 is 2.46 bits per heavy atom. The lowest BCUT2D eigenvalue weighted by Crippen LogP contribution is -2.16. The van der Waals surface area contributed by atoms with Crippen molar-refractivity contribution < 1.29 is 14.2 Å². The highest BCUT2D eigenvalue weighted by Gasteiger charge is 2.38. The summed E-state index contributed by atoms with van der Waals surface area (Å²) in [5, 5.41) is 9.59. The van der Waals surface area contributed by atoms with Crippen LogP contribution in [0.5, 0.6) is 23.3 Å². The molecule has 9 heteroatoms. The van der Waals surface area contributed by atoms with E-state index in [0.29, 0.717) is 23.2 Å². The molecule has 41 heavy (non-hydrogen) atoms. The quantitative estimate of drug-likeness (QED) is 0.250. The van der Waals surface area contributed by atoms with Crippen LogP contribution in [0.15, 0.2) is 79.1 Å². The fourth-order valence-electron chi connectivity index (χ4n) is 5.38. The van der Waals surface area contributed by atoms with Crippen molar-refractivity contribution in [3.05, 3.63) is 118 Å². The maximum atomic E-state index is 6.51. The Morgan fingerprint density at radius 1 is 0.878 bits per heavy atom. The van der Waals surface area contributed by atoms with Gasteiger partial charge < -0.3 is 14.2 Å². The molecule has 0 unspecified atom stereocenters. The zero-order valence-corrected chi connectivity index (χ0v) is 23.2. The van der Waals surface area contributed by atoms with Crippen molar-refractivity contribution in [2.24, 2.45) is 0 Å². The molecule has 1 atom stereocenters. The van der Waals surface area contributed by atoms with Gasteiger partial charge in [0.2, 0.25) is 11.8 Å². The molecule has 0 amide bonds. The summed E-state index contributed by atoms with van der Waals surface area (Å²) in [6, 6.07) is 24.0. The third-order valence-electron chi connectivity index (χ3n) is 7.63. The fraction of sp³-hybridized carbons (Fsp3) is 0.188. The van der Waals surface area contributed by atoms with Gasteiger partial charge >= 0.3 is 0 Å². The molecule has 0 saturated carbocycles. The molecule has 0 fully saturated rings. The van der Waals surface area contributed by atoms with Crippen LogP contribution in [0.4, 0.5) is 0 Å². The molecular formula is C32H28N6O3. The van der Waals surface area contributed by atoms with Crippen LogP contribution in [0.25, 0.3) is 11.3 Å². The first-order valence-electron chi connectivity index (χ1n) is 13.4. The zero-order chi connectivity index (χ0) is 28.1. The molecule has 0 spiro atoms. The molecule has 0 saturated heterocycles. The molecule has 3 aromatic carbocycles. The van der Waals surface area contributed by atoms with Crippen molar-refractivity contribution in [3.8, 4) is 28.9 Å². The highest BCUT2D eigenvalue weighted by molar-refractivity contribution is 5.66. The first-order valence-corrected chi connectivity index (χ1v) is 13.4. The van der Waals surface area contributed by atoms with E-state index in [2.05, 4.69) is 30.1 Å². The molecule has 1 aliphatic rings. The Morgan fingerprint density at radius 2 is 1.68 bits per heavy atom. The van der Waals surface area contributed by atoms with Gasteiger partial charge in [0, 0.05) is 0 Å². The molecule has 6 aromatic rings. The van der Waals surface area contributed by atoms with Gasteiger partial charge in [0.15, 0.2) is 11.5 Å². The van der Waals surface area contributed by atoms with Crippen molar-refractivity contribution in [2.45, 2.75) is 33.3 Å². The lowest BCUT2D eigenvalue weighted by atomic mass is 9.84. The second-order valence-electron chi connectivity index (χ2n) is 10.1. The standard InChI is InChI=1S/C32H28N6O3/c1-19-9-8-12-25(20(19)2)40-17-26-34-30-29-28(22-13-15-24(39-4)16-14-22)27-21(3)35-38(23-10-6-5-7-11-23)32(27)41-31(29)33-18-37(30)36-26/h5-16,18,28H,17H2,1-4H3/t28-/m1/s1. The van der Waals surface area contributed by atoms with E-state index < -0.39 is 0 Å². The largest absolute Gasteiger partial charge is 0.497 e. The van der Waals surface area contributed by atoms with Gasteiger partial charge in [-0.2, -0.15) is 5.10 Å². The van der Waals surface area contributed by atoms with Crippen LogP contribution < -0.4 is 14.2 Å². The van der Waals surface area contributed by atoms with Gasteiger partial charge in [-0.3, -0.25) is 0 Å². The number of para-hydroxylation sites is 1. The van der Waals surface area contributed by atoms with Gasteiger partial charge in [-0.05, 0) is 67.8 Å². The summed E-state index contributed by atoms with van der Waals surface area (Å²) >= 11 is 0. The molecule has 0 aliphatic carbocycles. The minimum atomic E-state index is -0.245. The number of methoxy groups -OCH3 is 1. The second-order valence-corrected chi connectivity index (χ2v) is 10.1. The Hall–Kier alpha value is -5.18. The molecule has 0 radical (unpaired) electrons. The van der Waals surface area contributed by atoms with Crippen LogP contribution in [0.2, 0.25) is 0 Å².